The molecule has 0 atom stereocenters. The van der Waals surface area contributed by atoms with Crippen molar-refractivity contribution in [1.29, 1.82) is 0 Å². The highest BCUT2D eigenvalue weighted by molar-refractivity contribution is 6.06. The molecule has 1 fully saturated rings. The van der Waals surface area contributed by atoms with Crippen LogP contribution in [-0.2, 0) is 14.3 Å². The normalized spacial score (nSPS) is 18.2. The number of carbonyl (C=O) groups is 2. The van der Waals surface area contributed by atoms with Crippen LogP contribution in [0.4, 0.5) is 8.78 Å². The minimum absolute atomic E-state index is 0.146. The predicted molar refractivity (Wildman–Crippen MR) is 53.2 cm³/mol. The average Bonchev–Trinajstić information content (AvgIpc) is 2.29. The van der Waals surface area contributed by atoms with Gasteiger partial charge in [-0.25, -0.2) is 4.79 Å². The number of ether oxygens (including phenoxy) is 1. The molecule has 0 bridgehead atoms. The molecule has 3 nitrogen and oxygen atoms in total. The van der Waals surface area contributed by atoms with Gasteiger partial charge in [0.25, 0.3) is 0 Å². The largest absolute Gasteiger partial charge is 0.461 e. The van der Waals surface area contributed by atoms with E-state index in [0.717, 1.165) is 19.3 Å². The zero-order chi connectivity index (χ0) is 12.2. The zero-order valence-corrected chi connectivity index (χ0v) is 9.30. The van der Waals surface area contributed by atoms with Crippen molar-refractivity contribution >= 4 is 11.8 Å². The molecule has 0 N–H and O–H groups in total. The van der Waals surface area contributed by atoms with Crippen LogP contribution in [0.3, 0.4) is 0 Å². The van der Waals surface area contributed by atoms with E-state index in [9.17, 15) is 18.4 Å². The van der Waals surface area contributed by atoms with Crippen LogP contribution in [0.1, 0.15) is 39.0 Å². The third kappa shape index (κ3) is 2.77. The van der Waals surface area contributed by atoms with Crippen LogP contribution in [0, 0.1) is 5.92 Å². The van der Waals surface area contributed by atoms with Gasteiger partial charge in [-0.15, -0.1) is 0 Å². The molecule has 1 rings (SSSR count). The van der Waals surface area contributed by atoms with Crippen LogP contribution < -0.4 is 0 Å². The molecule has 0 amide bonds. The lowest BCUT2D eigenvalue weighted by Crippen LogP contribution is -2.43. The van der Waals surface area contributed by atoms with E-state index in [1.807, 2.05) is 0 Å². The number of hydrogen-bond acceptors (Lipinski definition) is 3. The van der Waals surface area contributed by atoms with Crippen LogP contribution in [0.25, 0.3) is 0 Å². The number of halogens is 2. The highest BCUT2D eigenvalue weighted by Gasteiger charge is 2.51. The molecule has 0 aromatic rings. The average molecular weight is 234 g/mol. The fourth-order valence-corrected chi connectivity index (χ4v) is 1.94. The molecule has 0 heterocycles. The summed E-state index contributed by atoms with van der Waals surface area (Å²) in [4.78, 5) is 22.4. The third-order valence-electron chi connectivity index (χ3n) is 2.82. The quantitative estimate of drug-likeness (QED) is 0.554. The fourth-order valence-electron chi connectivity index (χ4n) is 1.94. The Balaban J connectivity index is 2.66. The number of alkyl halides is 2. The Morgan fingerprint density at radius 1 is 1.25 bits per heavy atom. The standard InChI is InChI=1S/C11H16F2O3/c1-2-16-10(15)11(12,13)9(14)8-6-4-3-5-7-8/h8H,2-7H2,1H3. The summed E-state index contributed by atoms with van der Waals surface area (Å²) in [5.41, 5.74) is 0. The molecular formula is C11H16F2O3. The first-order valence-electron chi connectivity index (χ1n) is 5.59. The molecule has 0 aromatic heterocycles. The van der Waals surface area contributed by atoms with E-state index in [-0.39, 0.29) is 6.61 Å². The van der Waals surface area contributed by atoms with Gasteiger partial charge in [0.1, 0.15) is 0 Å². The second-order valence-corrected chi connectivity index (χ2v) is 3.99. The maximum Gasteiger partial charge on any atom is 0.400 e. The highest BCUT2D eigenvalue weighted by atomic mass is 19.3. The molecule has 0 aliphatic heterocycles. The predicted octanol–water partition coefficient (Wildman–Crippen LogP) is 2.33. The van der Waals surface area contributed by atoms with Crippen molar-refractivity contribution in [3.05, 3.63) is 0 Å². The van der Waals surface area contributed by atoms with Crippen molar-refractivity contribution in [1.82, 2.24) is 0 Å². The van der Waals surface area contributed by atoms with E-state index >= 15 is 0 Å². The molecule has 0 unspecified atom stereocenters. The van der Waals surface area contributed by atoms with Crippen molar-refractivity contribution in [2.24, 2.45) is 5.92 Å². The Morgan fingerprint density at radius 2 is 1.81 bits per heavy atom. The summed E-state index contributed by atoms with van der Waals surface area (Å²) in [5, 5.41) is 0. The number of hydrogen-bond donors (Lipinski definition) is 0. The van der Waals surface area contributed by atoms with Crippen molar-refractivity contribution in [3.8, 4) is 0 Å². The van der Waals surface area contributed by atoms with Gasteiger partial charge in [-0.1, -0.05) is 19.3 Å². The topological polar surface area (TPSA) is 43.4 Å². The summed E-state index contributed by atoms with van der Waals surface area (Å²) in [6, 6.07) is 0. The number of carbonyl (C=O) groups excluding carboxylic acids is 2. The summed E-state index contributed by atoms with van der Waals surface area (Å²) in [6.07, 6.45) is 3.42. The van der Waals surface area contributed by atoms with E-state index < -0.39 is 23.6 Å². The summed E-state index contributed by atoms with van der Waals surface area (Å²) in [6.45, 7) is 1.28. The minimum Gasteiger partial charge on any atom is -0.461 e. The monoisotopic (exact) mass is 234 g/mol. The molecule has 0 saturated heterocycles. The number of esters is 1. The maximum absolute atomic E-state index is 13.4. The van der Waals surface area contributed by atoms with Gasteiger partial charge in [0.05, 0.1) is 6.61 Å². The summed E-state index contributed by atoms with van der Waals surface area (Å²) >= 11 is 0. The van der Waals surface area contributed by atoms with Crippen LogP contribution in [0.5, 0.6) is 0 Å². The Morgan fingerprint density at radius 3 is 2.31 bits per heavy atom. The summed E-state index contributed by atoms with van der Waals surface area (Å²) < 4.78 is 30.9. The van der Waals surface area contributed by atoms with E-state index in [0.29, 0.717) is 12.8 Å². The molecule has 5 heteroatoms. The molecule has 1 aliphatic rings. The van der Waals surface area contributed by atoms with E-state index in [1.165, 1.54) is 6.92 Å². The molecule has 1 aliphatic carbocycles. The van der Waals surface area contributed by atoms with Crippen molar-refractivity contribution < 1.29 is 23.1 Å². The molecule has 0 spiro atoms. The second-order valence-electron chi connectivity index (χ2n) is 3.99. The van der Waals surface area contributed by atoms with Crippen molar-refractivity contribution in [2.45, 2.75) is 45.0 Å². The summed E-state index contributed by atoms with van der Waals surface area (Å²) in [5.74, 6) is -7.65. The zero-order valence-electron chi connectivity index (χ0n) is 9.30. The second kappa shape index (κ2) is 5.37. The van der Waals surface area contributed by atoms with Crippen molar-refractivity contribution in [2.75, 3.05) is 6.61 Å². The van der Waals surface area contributed by atoms with Gasteiger partial charge in [-0.05, 0) is 19.8 Å². The van der Waals surface area contributed by atoms with E-state index in [2.05, 4.69) is 4.74 Å². The minimum atomic E-state index is -3.97. The first-order chi connectivity index (χ1) is 7.50. The van der Waals surface area contributed by atoms with Crippen LogP contribution in [-0.4, -0.2) is 24.3 Å². The fraction of sp³-hybridized carbons (Fsp3) is 0.818. The van der Waals surface area contributed by atoms with Gasteiger partial charge in [0, 0.05) is 5.92 Å². The first kappa shape index (κ1) is 13.1. The maximum atomic E-state index is 13.4. The molecular weight excluding hydrogens is 218 g/mol. The van der Waals surface area contributed by atoms with Gasteiger partial charge in [0.15, 0.2) is 0 Å². The van der Waals surface area contributed by atoms with E-state index in [4.69, 9.17) is 0 Å². The van der Waals surface area contributed by atoms with Gasteiger partial charge < -0.3 is 4.74 Å². The van der Waals surface area contributed by atoms with Crippen LogP contribution in [0.15, 0.2) is 0 Å². The first-order valence-corrected chi connectivity index (χ1v) is 5.59. The molecule has 16 heavy (non-hydrogen) atoms. The Labute approximate surface area is 93.2 Å². The Kier molecular flexibility index (Phi) is 4.38. The molecule has 92 valence electrons. The van der Waals surface area contributed by atoms with E-state index in [1.54, 1.807) is 0 Å². The van der Waals surface area contributed by atoms with Gasteiger partial charge >= 0.3 is 11.9 Å². The molecule has 1 saturated carbocycles. The lowest BCUT2D eigenvalue weighted by atomic mass is 9.84. The number of Topliss-reactive ketones (excluding diaryl/α,β-unsaturated/α-hetero) is 1. The van der Waals surface area contributed by atoms with Crippen molar-refractivity contribution in [3.63, 3.8) is 0 Å². The van der Waals surface area contributed by atoms with Crippen LogP contribution >= 0.6 is 0 Å². The smallest absolute Gasteiger partial charge is 0.400 e. The van der Waals surface area contributed by atoms with Gasteiger partial charge in [-0.2, -0.15) is 8.78 Å². The summed E-state index contributed by atoms with van der Waals surface area (Å²) in [7, 11) is 0. The SMILES string of the molecule is CCOC(=O)C(F)(F)C(=O)C1CCCCC1. The Hall–Kier alpha value is -1.00. The number of rotatable bonds is 4. The lowest BCUT2D eigenvalue weighted by Gasteiger charge is -2.23. The Bertz CT molecular complexity index is 270. The highest BCUT2D eigenvalue weighted by Crippen LogP contribution is 2.31. The van der Waals surface area contributed by atoms with Crippen LogP contribution in [0.2, 0.25) is 0 Å². The molecule has 0 aromatic carbocycles. The lowest BCUT2D eigenvalue weighted by molar-refractivity contribution is -0.178. The van der Waals surface area contributed by atoms with Gasteiger partial charge in [-0.3, -0.25) is 4.79 Å². The van der Waals surface area contributed by atoms with Gasteiger partial charge in [0.2, 0.25) is 5.78 Å². The number of ketones is 1. The molecule has 0 radical (unpaired) electrons. The third-order valence-corrected chi connectivity index (χ3v) is 2.82.